The molecule has 0 aliphatic heterocycles. The SMILES string of the molecule is CCOc1cc(CCCNC(=NC)NCC(=O)N(C)CC(F)(F)F)ccc1OC.I. The Morgan fingerprint density at radius 1 is 1.23 bits per heavy atom. The second kappa shape index (κ2) is 14.1. The van der Waals surface area contributed by atoms with Crippen molar-refractivity contribution in [2.45, 2.75) is 25.9 Å². The topological polar surface area (TPSA) is 75.2 Å². The normalized spacial score (nSPS) is 11.4. The largest absolute Gasteiger partial charge is 0.493 e. The molecule has 2 N–H and O–H groups in total. The molecule has 0 saturated heterocycles. The van der Waals surface area contributed by atoms with E-state index in [1.807, 2.05) is 25.1 Å². The number of hydrogen-bond acceptors (Lipinski definition) is 4. The highest BCUT2D eigenvalue weighted by Crippen LogP contribution is 2.28. The lowest BCUT2D eigenvalue weighted by atomic mass is 10.1. The van der Waals surface area contributed by atoms with E-state index in [0.717, 1.165) is 25.5 Å². The monoisotopic (exact) mass is 546 g/mol. The lowest BCUT2D eigenvalue weighted by Gasteiger charge is -2.20. The summed E-state index contributed by atoms with van der Waals surface area (Å²) in [6.07, 6.45) is -2.87. The third-order valence-electron chi connectivity index (χ3n) is 3.94. The van der Waals surface area contributed by atoms with Gasteiger partial charge in [-0.2, -0.15) is 13.2 Å². The van der Waals surface area contributed by atoms with Crippen LogP contribution in [-0.4, -0.2) is 70.4 Å². The van der Waals surface area contributed by atoms with Gasteiger partial charge in [0.05, 0.1) is 20.3 Å². The van der Waals surface area contributed by atoms with Crippen molar-refractivity contribution in [3.63, 3.8) is 0 Å². The summed E-state index contributed by atoms with van der Waals surface area (Å²) in [5.41, 5.74) is 1.09. The third kappa shape index (κ3) is 10.7. The van der Waals surface area contributed by atoms with Crippen LogP contribution in [0.15, 0.2) is 23.2 Å². The minimum atomic E-state index is -4.42. The molecular formula is C19H30F3IN4O3. The van der Waals surface area contributed by atoms with Crippen molar-refractivity contribution in [1.29, 1.82) is 0 Å². The average molecular weight is 546 g/mol. The Morgan fingerprint density at radius 3 is 2.50 bits per heavy atom. The van der Waals surface area contributed by atoms with Crippen molar-refractivity contribution in [1.82, 2.24) is 15.5 Å². The maximum atomic E-state index is 12.3. The molecule has 0 saturated carbocycles. The molecule has 0 unspecified atom stereocenters. The molecular weight excluding hydrogens is 516 g/mol. The molecule has 1 aromatic rings. The van der Waals surface area contributed by atoms with Crippen LogP contribution in [-0.2, 0) is 11.2 Å². The van der Waals surface area contributed by atoms with Crippen LogP contribution in [0.4, 0.5) is 13.2 Å². The molecule has 7 nitrogen and oxygen atoms in total. The minimum absolute atomic E-state index is 0. The van der Waals surface area contributed by atoms with E-state index >= 15 is 0 Å². The number of benzene rings is 1. The molecule has 0 aliphatic carbocycles. The van der Waals surface area contributed by atoms with Gasteiger partial charge in [-0.25, -0.2) is 0 Å². The van der Waals surface area contributed by atoms with E-state index in [1.165, 1.54) is 7.05 Å². The van der Waals surface area contributed by atoms with Crippen molar-refractivity contribution in [2.75, 3.05) is 47.4 Å². The molecule has 0 fully saturated rings. The standard InChI is InChI=1S/C19H29F3N4O3.HI/c1-5-29-16-11-14(8-9-15(16)28-4)7-6-10-24-18(23-2)25-12-17(27)26(3)13-19(20,21)22;/h8-9,11H,5-7,10,12-13H2,1-4H3,(H2,23,24,25);1H. The summed E-state index contributed by atoms with van der Waals surface area (Å²) in [6, 6.07) is 5.76. The van der Waals surface area contributed by atoms with Crippen LogP contribution in [0.5, 0.6) is 11.5 Å². The smallest absolute Gasteiger partial charge is 0.406 e. The molecule has 0 bridgehead atoms. The summed E-state index contributed by atoms with van der Waals surface area (Å²) < 4.78 is 47.8. The first-order valence-corrected chi connectivity index (χ1v) is 9.25. The van der Waals surface area contributed by atoms with E-state index in [-0.39, 0.29) is 30.5 Å². The molecule has 0 atom stereocenters. The molecule has 0 aromatic heterocycles. The number of nitrogens with zero attached hydrogens (tertiary/aromatic N) is 2. The molecule has 1 rings (SSSR count). The number of guanidine groups is 1. The molecule has 0 aliphatic rings. The van der Waals surface area contributed by atoms with Crippen LogP contribution in [0.3, 0.4) is 0 Å². The molecule has 0 heterocycles. The van der Waals surface area contributed by atoms with E-state index < -0.39 is 18.6 Å². The fourth-order valence-corrected chi connectivity index (χ4v) is 2.52. The molecule has 0 spiro atoms. The van der Waals surface area contributed by atoms with Crippen molar-refractivity contribution in [3.05, 3.63) is 23.8 Å². The molecule has 0 radical (unpaired) electrons. The summed E-state index contributed by atoms with van der Waals surface area (Å²) >= 11 is 0. The number of carbonyl (C=O) groups excluding carboxylic acids is 1. The lowest BCUT2D eigenvalue weighted by molar-refractivity contribution is -0.157. The van der Waals surface area contributed by atoms with Crippen molar-refractivity contribution >= 4 is 35.8 Å². The number of alkyl halides is 3. The van der Waals surface area contributed by atoms with Gasteiger partial charge in [0.2, 0.25) is 5.91 Å². The highest BCUT2D eigenvalue weighted by atomic mass is 127. The van der Waals surface area contributed by atoms with E-state index in [2.05, 4.69) is 15.6 Å². The first-order valence-electron chi connectivity index (χ1n) is 9.25. The molecule has 172 valence electrons. The van der Waals surface area contributed by atoms with E-state index in [4.69, 9.17) is 9.47 Å². The zero-order chi connectivity index (χ0) is 21.9. The Morgan fingerprint density at radius 2 is 1.93 bits per heavy atom. The number of hydrogen-bond donors (Lipinski definition) is 2. The van der Waals surface area contributed by atoms with Gasteiger partial charge in [-0.15, -0.1) is 24.0 Å². The van der Waals surface area contributed by atoms with Gasteiger partial charge < -0.3 is 25.0 Å². The Kier molecular flexibility index (Phi) is 13.2. The van der Waals surface area contributed by atoms with Crippen LogP contribution < -0.4 is 20.1 Å². The number of halogens is 4. The third-order valence-corrected chi connectivity index (χ3v) is 3.94. The average Bonchev–Trinajstić information content (AvgIpc) is 2.66. The number of ether oxygens (including phenoxy) is 2. The predicted molar refractivity (Wildman–Crippen MR) is 121 cm³/mol. The van der Waals surface area contributed by atoms with Gasteiger partial charge in [0, 0.05) is 20.6 Å². The highest BCUT2D eigenvalue weighted by molar-refractivity contribution is 14.0. The van der Waals surface area contributed by atoms with Crippen LogP contribution in [0.1, 0.15) is 18.9 Å². The highest BCUT2D eigenvalue weighted by Gasteiger charge is 2.31. The van der Waals surface area contributed by atoms with Crippen LogP contribution in [0.2, 0.25) is 0 Å². The van der Waals surface area contributed by atoms with Gasteiger partial charge in [0.25, 0.3) is 0 Å². The fourth-order valence-electron chi connectivity index (χ4n) is 2.52. The Hall–Kier alpha value is -1.92. The van der Waals surface area contributed by atoms with Gasteiger partial charge in [-0.3, -0.25) is 9.79 Å². The zero-order valence-electron chi connectivity index (χ0n) is 17.6. The minimum Gasteiger partial charge on any atom is -0.493 e. The van der Waals surface area contributed by atoms with E-state index in [1.54, 1.807) is 7.11 Å². The summed E-state index contributed by atoms with van der Waals surface area (Å²) in [5, 5.41) is 5.75. The van der Waals surface area contributed by atoms with Gasteiger partial charge in [-0.1, -0.05) is 6.07 Å². The van der Waals surface area contributed by atoms with Crippen molar-refractivity contribution in [2.24, 2.45) is 4.99 Å². The molecule has 1 aromatic carbocycles. The molecule has 1 amide bonds. The number of carbonyl (C=O) groups is 1. The second-order valence-corrected chi connectivity index (χ2v) is 6.24. The number of likely N-dealkylation sites (N-methyl/N-ethyl adjacent to an activating group) is 1. The first kappa shape index (κ1) is 28.1. The number of aryl methyl sites for hydroxylation is 1. The van der Waals surface area contributed by atoms with Gasteiger partial charge in [-0.05, 0) is 37.5 Å². The van der Waals surface area contributed by atoms with E-state index in [9.17, 15) is 18.0 Å². The van der Waals surface area contributed by atoms with Gasteiger partial charge in [0.1, 0.15) is 6.54 Å². The Balaban J connectivity index is 0.00000841. The number of aliphatic imine (C=N–C) groups is 1. The molecule has 30 heavy (non-hydrogen) atoms. The van der Waals surface area contributed by atoms with E-state index in [0.29, 0.717) is 35.5 Å². The van der Waals surface area contributed by atoms with Crippen LogP contribution in [0.25, 0.3) is 0 Å². The Labute approximate surface area is 192 Å². The summed E-state index contributed by atoms with van der Waals surface area (Å²) in [6.45, 7) is 1.45. The van der Waals surface area contributed by atoms with Crippen LogP contribution >= 0.6 is 24.0 Å². The predicted octanol–water partition coefficient (Wildman–Crippen LogP) is 2.83. The summed E-state index contributed by atoms with van der Waals surface area (Å²) in [7, 11) is 4.22. The number of nitrogens with one attached hydrogen (secondary N) is 2. The van der Waals surface area contributed by atoms with Crippen molar-refractivity contribution < 1.29 is 27.4 Å². The Bertz CT molecular complexity index is 687. The van der Waals surface area contributed by atoms with Gasteiger partial charge >= 0.3 is 6.18 Å². The lowest BCUT2D eigenvalue weighted by Crippen LogP contribution is -2.45. The quantitative estimate of drug-likeness (QED) is 0.205. The van der Waals surface area contributed by atoms with Crippen LogP contribution in [0, 0.1) is 0 Å². The number of rotatable bonds is 10. The second-order valence-electron chi connectivity index (χ2n) is 6.24. The fraction of sp³-hybridized carbons (Fsp3) is 0.579. The summed E-state index contributed by atoms with van der Waals surface area (Å²) in [5.74, 6) is 1.05. The summed E-state index contributed by atoms with van der Waals surface area (Å²) in [4.78, 5) is 16.3. The van der Waals surface area contributed by atoms with Crippen molar-refractivity contribution in [3.8, 4) is 11.5 Å². The number of methoxy groups -OCH3 is 1. The first-order chi connectivity index (χ1) is 13.7. The van der Waals surface area contributed by atoms with Gasteiger partial charge in [0.15, 0.2) is 17.5 Å². The maximum absolute atomic E-state index is 12.3. The maximum Gasteiger partial charge on any atom is 0.406 e. The zero-order valence-corrected chi connectivity index (χ0v) is 20.0. The number of amides is 1. The molecule has 11 heteroatoms.